The Balaban J connectivity index is 2.07. The molecule has 8 nitrogen and oxygen atoms in total. The van der Waals surface area contributed by atoms with E-state index in [4.69, 9.17) is 11.5 Å². The molecule has 108 valence electrons. The second kappa shape index (κ2) is 4.57. The Kier molecular flexibility index (Phi) is 2.98. The number of anilines is 2. The fourth-order valence-electron chi connectivity index (χ4n) is 2.98. The molecule has 3 rings (SSSR count). The van der Waals surface area contributed by atoms with Crippen LogP contribution in [0.15, 0.2) is 6.33 Å². The van der Waals surface area contributed by atoms with Gasteiger partial charge in [0.1, 0.15) is 11.6 Å². The maximum absolute atomic E-state index is 10.2. The molecule has 0 aromatic carbocycles. The molecular weight excluding hydrogens is 260 g/mol. The van der Waals surface area contributed by atoms with Gasteiger partial charge in [-0.15, -0.1) is 0 Å². The molecule has 1 aliphatic rings. The number of rotatable bonds is 2. The van der Waals surface area contributed by atoms with Crippen molar-refractivity contribution in [2.75, 3.05) is 11.5 Å². The van der Waals surface area contributed by atoms with E-state index in [0.717, 1.165) is 6.42 Å². The lowest BCUT2D eigenvalue weighted by molar-refractivity contribution is 0.00612. The fourth-order valence-corrected chi connectivity index (χ4v) is 2.98. The van der Waals surface area contributed by atoms with E-state index in [2.05, 4.69) is 15.0 Å². The predicted molar refractivity (Wildman–Crippen MR) is 73.6 cm³/mol. The van der Waals surface area contributed by atoms with Crippen molar-refractivity contribution in [2.24, 2.45) is 5.92 Å². The van der Waals surface area contributed by atoms with Crippen LogP contribution in [-0.4, -0.2) is 41.9 Å². The van der Waals surface area contributed by atoms with Crippen molar-refractivity contribution in [3.8, 4) is 0 Å². The van der Waals surface area contributed by atoms with Gasteiger partial charge in [-0.25, -0.2) is 4.98 Å². The Labute approximate surface area is 115 Å². The number of hydrogen-bond donors (Lipinski definition) is 4. The number of nitrogen functional groups attached to an aromatic ring is 2. The highest BCUT2D eigenvalue weighted by Crippen LogP contribution is 2.38. The number of aliphatic hydroxyl groups is 2. The second-order valence-electron chi connectivity index (χ2n) is 5.24. The lowest BCUT2D eigenvalue weighted by Gasteiger charge is -2.18. The molecule has 0 bridgehead atoms. The van der Waals surface area contributed by atoms with Crippen LogP contribution in [0.5, 0.6) is 0 Å². The van der Waals surface area contributed by atoms with E-state index in [-0.39, 0.29) is 23.7 Å². The van der Waals surface area contributed by atoms with Gasteiger partial charge >= 0.3 is 0 Å². The highest BCUT2D eigenvalue weighted by Gasteiger charge is 2.42. The molecule has 2 aromatic heterocycles. The van der Waals surface area contributed by atoms with Gasteiger partial charge in [0, 0.05) is 0 Å². The zero-order valence-corrected chi connectivity index (χ0v) is 11.1. The zero-order chi connectivity index (χ0) is 14.4. The minimum Gasteiger partial charge on any atom is -0.390 e. The molecule has 20 heavy (non-hydrogen) atoms. The molecule has 1 aliphatic carbocycles. The van der Waals surface area contributed by atoms with Crippen molar-refractivity contribution in [2.45, 2.75) is 38.0 Å². The van der Waals surface area contributed by atoms with E-state index in [1.807, 2.05) is 6.92 Å². The maximum atomic E-state index is 10.2. The third-order valence-electron chi connectivity index (χ3n) is 4.12. The molecule has 0 unspecified atom stereocenters. The summed E-state index contributed by atoms with van der Waals surface area (Å²) >= 11 is 0. The molecule has 1 fully saturated rings. The highest BCUT2D eigenvalue weighted by atomic mass is 16.3. The van der Waals surface area contributed by atoms with Crippen LogP contribution in [0.1, 0.15) is 25.8 Å². The number of hydrogen-bond acceptors (Lipinski definition) is 7. The number of imidazole rings is 1. The molecule has 0 radical (unpaired) electrons. The smallest absolute Gasteiger partial charge is 0.224 e. The van der Waals surface area contributed by atoms with Gasteiger partial charge in [-0.1, -0.05) is 13.3 Å². The number of nitrogens with two attached hydrogens (primary N) is 2. The van der Waals surface area contributed by atoms with Crippen LogP contribution >= 0.6 is 0 Å². The molecule has 0 aliphatic heterocycles. The quantitative estimate of drug-likeness (QED) is 0.591. The topological polar surface area (TPSA) is 136 Å². The molecule has 4 atom stereocenters. The highest BCUT2D eigenvalue weighted by molar-refractivity contribution is 5.82. The molecule has 8 heteroatoms. The van der Waals surface area contributed by atoms with Crippen LogP contribution < -0.4 is 11.5 Å². The summed E-state index contributed by atoms with van der Waals surface area (Å²) in [5.74, 6) is 0.340. The zero-order valence-electron chi connectivity index (χ0n) is 11.1. The summed E-state index contributed by atoms with van der Waals surface area (Å²) in [6.07, 6.45) is 1.44. The summed E-state index contributed by atoms with van der Waals surface area (Å²) in [6.45, 7) is 1.99. The Morgan fingerprint density at radius 1 is 1.30 bits per heavy atom. The second-order valence-corrected chi connectivity index (χ2v) is 5.24. The van der Waals surface area contributed by atoms with E-state index in [0.29, 0.717) is 17.6 Å². The Hall–Kier alpha value is -1.93. The molecule has 2 heterocycles. The third-order valence-corrected chi connectivity index (χ3v) is 4.12. The average molecular weight is 278 g/mol. The van der Waals surface area contributed by atoms with E-state index in [1.165, 1.54) is 0 Å². The summed E-state index contributed by atoms with van der Waals surface area (Å²) in [6, 6.07) is -0.284. The predicted octanol–water partition coefficient (Wildman–Crippen LogP) is -0.317. The van der Waals surface area contributed by atoms with Crippen LogP contribution in [0, 0.1) is 5.92 Å². The van der Waals surface area contributed by atoms with E-state index < -0.39 is 12.2 Å². The summed E-state index contributed by atoms with van der Waals surface area (Å²) in [5, 5.41) is 20.3. The van der Waals surface area contributed by atoms with Crippen LogP contribution in [0.4, 0.5) is 11.8 Å². The van der Waals surface area contributed by atoms with Gasteiger partial charge in [-0.05, 0) is 12.3 Å². The average Bonchev–Trinajstić information content (AvgIpc) is 2.93. The van der Waals surface area contributed by atoms with Crippen LogP contribution in [0.25, 0.3) is 11.2 Å². The van der Waals surface area contributed by atoms with Gasteiger partial charge in [0.2, 0.25) is 5.95 Å². The van der Waals surface area contributed by atoms with Crippen LogP contribution in [0.3, 0.4) is 0 Å². The lowest BCUT2D eigenvalue weighted by atomic mass is 10.0. The Morgan fingerprint density at radius 3 is 2.70 bits per heavy atom. The summed E-state index contributed by atoms with van der Waals surface area (Å²) < 4.78 is 1.73. The first kappa shape index (κ1) is 13.1. The standard InChI is InChI=1S/C12H18N6O2/c1-2-5-3-6(9(20)8(5)19)18-4-15-7-10(13)16-12(14)17-11(7)18/h4-6,8-9,19-20H,2-3H2,1H3,(H4,13,14,16,17)/t5-,6+,8+,9-/m0/s1. The van der Waals surface area contributed by atoms with E-state index >= 15 is 0 Å². The first-order valence-electron chi connectivity index (χ1n) is 6.64. The monoisotopic (exact) mass is 278 g/mol. The molecular formula is C12H18N6O2. The first-order chi connectivity index (χ1) is 9.52. The van der Waals surface area contributed by atoms with Crippen molar-refractivity contribution in [1.29, 1.82) is 0 Å². The number of aliphatic hydroxyl groups excluding tert-OH is 2. The van der Waals surface area contributed by atoms with E-state index in [9.17, 15) is 10.2 Å². The van der Waals surface area contributed by atoms with Crippen molar-refractivity contribution in [1.82, 2.24) is 19.5 Å². The van der Waals surface area contributed by atoms with Crippen LogP contribution in [-0.2, 0) is 0 Å². The fraction of sp³-hybridized carbons (Fsp3) is 0.583. The summed E-state index contributed by atoms with van der Waals surface area (Å²) in [5.41, 5.74) is 12.3. The van der Waals surface area contributed by atoms with Gasteiger partial charge < -0.3 is 26.2 Å². The molecule has 2 aromatic rings. The molecule has 0 spiro atoms. The third kappa shape index (κ3) is 1.80. The van der Waals surface area contributed by atoms with Crippen molar-refractivity contribution < 1.29 is 10.2 Å². The molecule has 0 saturated heterocycles. The molecule has 0 amide bonds. The number of nitrogens with zero attached hydrogens (tertiary/aromatic N) is 4. The Bertz CT molecular complexity index is 642. The first-order valence-corrected chi connectivity index (χ1v) is 6.64. The maximum Gasteiger partial charge on any atom is 0.224 e. The van der Waals surface area contributed by atoms with Crippen molar-refractivity contribution >= 4 is 22.9 Å². The van der Waals surface area contributed by atoms with Crippen molar-refractivity contribution in [3.63, 3.8) is 0 Å². The van der Waals surface area contributed by atoms with Gasteiger partial charge in [-0.2, -0.15) is 9.97 Å². The van der Waals surface area contributed by atoms with Gasteiger partial charge in [0.25, 0.3) is 0 Å². The Morgan fingerprint density at radius 2 is 2.05 bits per heavy atom. The SMILES string of the molecule is CC[C@H]1C[C@@H](n2cnc3c(N)nc(N)nc32)[C@H](O)[C@@H]1O. The summed E-state index contributed by atoms with van der Waals surface area (Å²) in [7, 11) is 0. The van der Waals surface area contributed by atoms with E-state index in [1.54, 1.807) is 10.9 Å². The summed E-state index contributed by atoms with van der Waals surface area (Å²) in [4.78, 5) is 12.2. The van der Waals surface area contributed by atoms with Crippen molar-refractivity contribution in [3.05, 3.63) is 6.33 Å². The lowest BCUT2D eigenvalue weighted by Crippen LogP contribution is -2.29. The van der Waals surface area contributed by atoms with Gasteiger partial charge in [0.05, 0.1) is 18.5 Å². The minimum atomic E-state index is -0.852. The minimum absolute atomic E-state index is 0.0592. The molecule has 1 saturated carbocycles. The normalized spacial score (nSPS) is 30.1. The van der Waals surface area contributed by atoms with Gasteiger partial charge in [-0.3, -0.25) is 0 Å². The molecule has 6 N–H and O–H groups in total. The number of fused-ring (bicyclic) bond motifs is 1. The van der Waals surface area contributed by atoms with Gasteiger partial charge in [0.15, 0.2) is 11.5 Å². The van der Waals surface area contributed by atoms with Crippen LogP contribution in [0.2, 0.25) is 0 Å². The number of aromatic nitrogens is 4. The largest absolute Gasteiger partial charge is 0.390 e.